The number of nitrogens with one attached hydrogen (secondary N) is 2. The van der Waals surface area contributed by atoms with Crippen LogP contribution in [0.15, 0.2) is 47.1 Å². The first-order chi connectivity index (χ1) is 11.2. The smallest absolute Gasteiger partial charge is 0.315 e. The summed E-state index contributed by atoms with van der Waals surface area (Å²) in [6, 6.07) is 9.77. The number of nitrogens with zero attached hydrogens (tertiary/aromatic N) is 1. The highest BCUT2D eigenvalue weighted by Crippen LogP contribution is 2.21. The molecule has 1 aliphatic heterocycles. The van der Waals surface area contributed by atoms with E-state index in [0.717, 1.165) is 4.90 Å². The minimum Gasteiger partial charge on any atom is -0.467 e. The Bertz CT molecular complexity index is 705. The van der Waals surface area contributed by atoms with Gasteiger partial charge < -0.3 is 15.1 Å². The van der Waals surface area contributed by atoms with Gasteiger partial charge in [0.2, 0.25) is 0 Å². The summed E-state index contributed by atoms with van der Waals surface area (Å²) in [6.07, 6.45) is 1.52. The van der Waals surface area contributed by atoms with Crippen LogP contribution < -0.4 is 10.6 Å². The minimum absolute atomic E-state index is 0.126. The van der Waals surface area contributed by atoms with Crippen molar-refractivity contribution in [3.63, 3.8) is 0 Å². The highest BCUT2D eigenvalue weighted by molar-refractivity contribution is 6.21. The van der Waals surface area contributed by atoms with Gasteiger partial charge in [-0.3, -0.25) is 14.5 Å². The van der Waals surface area contributed by atoms with Crippen LogP contribution in [-0.2, 0) is 6.54 Å². The van der Waals surface area contributed by atoms with E-state index in [1.807, 2.05) is 0 Å². The van der Waals surface area contributed by atoms with Gasteiger partial charge in [0.05, 0.1) is 23.9 Å². The normalized spacial score (nSPS) is 13.1. The van der Waals surface area contributed by atoms with E-state index in [9.17, 15) is 14.4 Å². The average Bonchev–Trinajstić information content (AvgIpc) is 3.16. The van der Waals surface area contributed by atoms with Crippen molar-refractivity contribution in [2.45, 2.75) is 6.54 Å². The second kappa shape index (κ2) is 6.35. The molecule has 0 bridgehead atoms. The maximum absolute atomic E-state index is 12.1. The Labute approximate surface area is 132 Å². The summed E-state index contributed by atoms with van der Waals surface area (Å²) >= 11 is 0. The first-order valence-electron chi connectivity index (χ1n) is 7.16. The first kappa shape index (κ1) is 14.8. The Balaban J connectivity index is 1.47. The predicted octanol–water partition coefficient (Wildman–Crippen LogP) is 1.37. The van der Waals surface area contributed by atoms with Gasteiger partial charge in [0.25, 0.3) is 11.8 Å². The van der Waals surface area contributed by atoms with E-state index < -0.39 is 6.03 Å². The second-order valence-electron chi connectivity index (χ2n) is 5.00. The van der Waals surface area contributed by atoms with Gasteiger partial charge in [0, 0.05) is 13.1 Å². The van der Waals surface area contributed by atoms with Crippen molar-refractivity contribution in [1.29, 1.82) is 0 Å². The van der Waals surface area contributed by atoms with Crippen LogP contribution in [0.1, 0.15) is 26.5 Å². The quantitative estimate of drug-likeness (QED) is 0.816. The summed E-state index contributed by atoms with van der Waals surface area (Å²) in [6.45, 7) is 0.571. The van der Waals surface area contributed by atoms with Crippen LogP contribution in [0, 0.1) is 0 Å². The lowest BCUT2D eigenvalue weighted by Crippen LogP contribution is -2.41. The van der Waals surface area contributed by atoms with E-state index in [0.29, 0.717) is 16.9 Å². The Morgan fingerprint density at radius 2 is 1.70 bits per heavy atom. The van der Waals surface area contributed by atoms with Crippen molar-refractivity contribution >= 4 is 17.8 Å². The number of carbonyl (C=O) groups excluding carboxylic acids is 3. The van der Waals surface area contributed by atoms with Crippen LogP contribution in [0.4, 0.5) is 4.79 Å². The molecular weight excluding hydrogens is 298 g/mol. The molecule has 2 N–H and O–H groups in total. The van der Waals surface area contributed by atoms with E-state index in [1.54, 1.807) is 36.4 Å². The SMILES string of the molecule is O=C(NCCN1C(=O)c2ccccc2C1=O)NCc1ccco1. The largest absolute Gasteiger partial charge is 0.467 e. The Morgan fingerprint density at radius 1 is 1.00 bits per heavy atom. The third kappa shape index (κ3) is 3.08. The lowest BCUT2D eigenvalue weighted by atomic mass is 10.1. The molecule has 1 aromatic heterocycles. The fraction of sp³-hybridized carbons (Fsp3) is 0.188. The third-order valence-corrected chi connectivity index (χ3v) is 3.50. The molecule has 0 unspecified atom stereocenters. The minimum atomic E-state index is -0.391. The van der Waals surface area contributed by atoms with Crippen molar-refractivity contribution in [2.24, 2.45) is 0 Å². The Kier molecular flexibility index (Phi) is 4.09. The van der Waals surface area contributed by atoms with E-state index in [1.165, 1.54) is 6.26 Å². The third-order valence-electron chi connectivity index (χ3n) is 3.50. The van der Waals surface area contributed by atoms with Crippen molar-refractivity contribution in [3.05, 3.63) is 59.5 Å². The molecule has 23 heavy (non-hydrogen) atoms. The molecule has 1 aliphatic rings. The highest BCUT2D eigenvalue weighted by Gasteiger charge is 2.34. The van der Waals surface area contributed by atoms with Gasteiger partial charge in [-0.15, -0.1) is 0 Å². The van der Waals surface area contributed by atoms with Gasteiger partial charge in [0.1, 0.15) is 5.76 Å². The van der Waals surface area contributed by atoms with Gasteiger partial charge in [-0.1, -0.05) is 12.1 Å². The van der Waals surface area contributed by atoms with Crippen molar-refractivity contribution in [2.75, 3.05) is 13.1 Å². The summed E-state index contributed by atoms with van der Waals surface area (Å²) in [5.74, 6) is -0.0210. The number of imide groups is 1. The van der Waals surface area contributed by atoms with Crippen LogP contribution in [0.5, 0.6) is 0 Å². The molecule has 2 aromatic rings. The molecule has 0 atom stereocenters. The fourth-order valence-corrected chi connectivity index (χ4v) is 2.37. The highest BCUT2D eigenvalue weighted by atomic mass is 16.3. The van der Waals surface area contributed by atoms with E-state index in [4.69, 9.17) is 4.42 Å². The molecule has 3 rings (SSSR count). The molecule has 2 heterocycles. The van der Waals surface area contributed by atoms with Gasteiger partial charge in [-0.2, -0.15) is 0 Å². The molecule has 4 amide bonds. The second-order valence-corrected chi connectivity index (χ2v) is 5.00. The zero-order valence-electron chi connectivity index (χ0n) is 12.2. The predicted molar refractivity (Wildman–Crippen MR) is 80.8 cm³/mol. The van der Waals surface area contributed by atoms with E-state index >= 15 is 0 Å². The zero-order chi connectivity index (χ0) is 16.2. The van der Waals surface area contributed by atoms with E-state index in [-0.39, 0.29) is 31.4 Å². The molecule has 7 nitrogen and oxygen atoms in total. The maximum Gasteiger partial charge on any atom is 0.315 e. The summed E-state index contributed by atoms with van der Waals surface area (Å²) in [4.78, 5) is 37.0. The first-order valence-corrected chi connectivity index (χ1v) is 7.16. The number of amides is 4. The molecule has 0 aliphatic carbocycles. The van der Waals surface area contributed by atoms with E-state index in [2.05, 4.69) is 10.6 Å². The van der Waals surface area contributed by atoms with Crippen molar-refractivity contribution < 1.29 is 18.8 Å². The van der Waals surface area contributed by atoms with Crippen LogP contribution in [0.2, 0.25) is 0 Å². The molecular formula is C16H15N3O4. The standard InChI is InChI=1S/C16H15N3O4/c20-14-12-5-1-2-6-13(12)15(21)19(14)8-7-17-16(22)18-10-11-4-3-9-23-11/h1-6,9H,7-8,10H2,(H2,17,18,22). The van der Waals surface area contributed by atoms with Gasteiger partial charge in [-0.25, -0.2) is 4.79 Å². The van der Waals surface area contributed by atoms with Crippen LogP contribution in [-0.4, -0.2) is 35.8 Å². The number of furan rings is 1. The zero-order valence-corrected chi connectivity index (χ0v) is 12.2. The Hall–Kier alpha value is -3.09. The average molecular weight is 313 g/mol. The summed E-state index contributed by atoms with van der Waals surface area (Å²) in [7, 11) is 0. The number of hydrogen-bond acceptors (Lipinski definition) is 4. The number of benzene rings is 1. The number of fused-ring (bicyclic) bond motifs is 1. The molecule has 0 spiro atoms. The topological polar surface area (TPSA) is 91.7 Å². The molecule has 0 saturated carbocycles. The lowest BCUT2D eigenvalue weighted by molar-refractivity contribution is 0.0656. The lowest BCUT2D eigenvalue weighted by Gasteiger charge is -2.14. The van der Waals surface area contributed by atoms with Crippen LogP contribution in [0.25, 0.3) is 0 Å². The molecule has 0 fully saturated rings. The molecule has 7 heteroatoms. The summed E-state index contributed by atoms with van der Waals surface area (Å²) < 4.78 is 5.09. The summed E-state index contributed by atoms with van der Waals surface area (Å²) in [5.41, 5.74) is 0.805. The number of hydrogen-bond donors (Lipinski definition) is 2. The molecule has 1 aromatic carbocycles. The monoisotopic (exact) mass is 313 g/mol. The van der Waals surface area contributed by atoms with Gasteiger partial charge >= 0.3 is 6.03 Å². The van der Waals surface area contributed by atoms with Crippen molar-refractivity contribution in [3.8, 4) is 0 Å². The fourth-order valence-electron chi connectivity index (χ4n) is 2.37. The number of carbonyl (C=O) groups is 3. The van der Waals surface area contributed by atoms with Crippen molar-refractivity contribution in [1.82, 2.24) is 15.5 Å². The van der Waals surface area contributed by atoms with Crippen LogP contribution in [0.3, 0.4) is 0 Å². The summed E-state index contributed by atoms with van der Waals surface area (Å²) in [5, 5.41) is 5.22. The van der Waals surface area contributed by atoms with Gasteiger partial charge in [0.15, 0.2) is 0 Å². The molecule has 118 valence electrons. The van der Waals surface area contributed by atoms with Gasteiger partial charge in [-0.05, 0) is 24.3 Å². The maximum atomic E-state index is 12.1. The Morgan fingerprint density at radius 3 is 2.30 bits per heavy atom. The van der Waals surface area contributed by atoms with Crippen LogP contribution >= 0.6 is 0 Å². The molecule has 0 radical (unpaired) electrons. The number of urea groups is 1. The molecule has 0 saturated heterocycles. The number of rotatable bonds is 5.